The largest absolute Gasteiger partial charge is 0.447 e. The van der Waals surface area contributed by atoms with E-state index in [9.17, 15) is 13.2 Å². The van der Waals surface area contributed by atoms with Crippen molar-refractivity contribution >= 4 is 11.8 Å². The number of nitrogens with zero attached hydrogens (tertiary/aromatic N) is 2. The van der Waals surface area contributed by atoms with Crippen LogP contribution in [0.25, 0.3) is 0 Å². The summed E-state index contributed by atoms with van der Waals surface area (Å²) in [5.41, 5.74) is -3.81. The zero-order chi connectivity index (χ0) is 10.8. The van der Waals surface area contributed by atoms with Crippen LogP contribution < -0.4 is 0 Å². The van der Waals surface area contributed by atoms with Gasteiger partial charge in [-0.2, -0.15) is 18.3 Å². The predicted octanol–water partition coefficient (Wildman–Crippen LogP) is 3.01. The van der Waals surface area contributed by atoms with Crippen molar-refractivity contribution in [2.45, 2.75) is 37.3 Å². The summed E-state index contributed by atoms with van der Waals surface area (Å²) in [5.74, 6) is 0. The molecule has 0 aliphatic rings. The maximum atomic E-state index is 12.1. The number of aromatic nitrogens is 2. The Kier molecular flexibility index (Phi) is 3.47. The molecular formula is C8H10F3N2S. The molecule has 0 aliphatic carbocycles. The zero-order valence-electron chi connectivity index (χ0n) is 7.85. The van der Waals surface area contributed by atoms with Crippen LogP contribution in [0.3, 0.4) is 0 Å². The van der Waals surface area contributed by atoms with Crippen molar-refractivity contribution in [2.75, 3.05) is 0 Å². The number of hydrogen-bond acceptors (Lipinski definition) is 2. The third-order valence-corrected chi connectivity index (χ3v) is 2.48. The summed E-state index contributed by atoms with van der Waals surface area (Å²) in [5, 5.41) is 3.90. The van der Waals surface area contributed by atoms with Gasteiger partial charge in [0.2, 0.25) is 0 Å². The highest BCUT2D eigenvalue weighted by Crippen LogP contribution is 2.38. The van der Waals surface area contributed by atoms with Crippen molar-refractivity contribution in [2.24, 2.45) is 0 Å². The summed E-state index contributed by atoms with van der Waals surface area (Å²) in [4.78, 5) is 0. The average Bonchev–Trinajstić information content (AvgIpc) is 2.34. The second kappa shape index (κ2) is 4.25. The third-order valence-electron chi connectivity index (χ3n) is 1.54. The van der Waals surface area contributed by atoms with Gasteiger partial charge in [0.1, 0.15) is 11.2 Å². The minimum atomic E-state index is -4.26. The van der Waals surface area contributed by atoms with Gasteiger partial charge in [-0.05, 0) is 13.3 Å². The first-order valence-corrected chi connectivity index (χ1v) is 4.96. The number of halogens is 3. The fourth-order valence-corrected chi connectivity index (χ4v) is 1.68. The van der Waals surface area contributed by atoms with Crippen LogP contribution in [-0.2, 0) is 6.54 Å². The quantitative estimate of drug-likeness (QED) is 0.733. The third kappa shape index (κ3) is 2.94. The number of thioether (sulfide) groups is 1. The van der Waals surface area contributed by atoms with E-state index < -0.39 is 5.51 Å². The van der Waals surface area contributed by atoms with E-state index in [1.54, 1.807) is 6.92 Å². The summed E-state index contributed by atoms with van der Waals surface area (Å²) in [6.07, 6.45) is 3.29. The lowest BCUT2D eigenvalue weighted by molar-refractivity contribution is -0.0331. The number of hydrogen-bond donors (Lipinski definition) is 0. The van der Waals surface area contributed by atoms with E-state index in [2.05, 4.69) is 11.3 Å². The van der Waals surface area contributed by atoms with Crippen molar-refractivity contribution in [1.29, 1.82) is 0 Å². The van der Waals surface area contributed by atoms with Gasteiger partial charge in [0.15, 0.2) is 0 Å². The SMILES string of the molecule is CCCn1n[c]c(C)c1SC(F)(F)F. The number of alkyl halides is 3. The molecule has 0 aromatic carbocycles. The van der Waals surface area contributed by atoms with Crippen molar-refractivity contribution in [1.82, 2.24) is 9.78 Å². The van der Waals surface area contributed by atoms with E-state index in [0.29, 0.717) is 12.1 Å². The summed E-state index contributed by atoms with van der Waals surface area (Å²) in [6.45, 7) is 3.95. The number of rotatable bonds is 3. The maximum absolute atomic E-state index is 12.1. The normalized spacial score (nSPS) is 12.1. The van der Waals surface area contributed by atoms with Crippen LogP contribution in [0.4, 0.5) is 13.2 Å². The van der Waals surface area contributed by atoms with Crippen molar-refractivity contribution in [3.05, 3.63) is 11.8 Å². The lowest BCUT2D eigenvalue weighted by Gasteiger charge is -2.08. The van der Waals surface area contributed by atoms with Crippen LogP contribution in [0.5, 0.6) is 0 Å². The molecule has 1 aromatic rings. The Morgan fingerprint density at radius 3 is 2.64 bits per heavy atom. The molecule has 1 rings (SSSR count). The van der Waals surface area contributed by atoms with Crippen molar-refractivity contribution in [3.63, 3.8) is 0 Å². The minimum Gasteiger partial charge on any atom is -0.258 e. The standard InChI is InChI=1S/C8H10F3N2S/c1-3-4-13-7(6(2)5-12-13)14-8(9,10)11/h3-4H2,1-2H3. The van der Waals surface area contributed by atoms with Gasteiger partial charge in [-0.15, -0.1) is 0 Å². The fraction of sp³-hybridized carbons (Fsp3) is 0.625. The molecule has 1 heterocycles. The summed E-state index contributed by atoms with van der Waals surface area (Å²) in [6, 6.07) is 0. The molecule has 0 fully saturated rings. The Hall–Kier alpha value is -0.650. The molecule has 0 bridgehead atoms. The Bertz CT molecular complexity index is 306. The zero-order valence-corrected chi connectivity index (χ0v) is 8.67. The molecule has 79 valence electrons. The van der Waals surface area contributed by atoms with Gasteiger partial charge in [0, 0.05) is 23.9 Å². The van der Waals surface area contributed by atoms with Gasteiger partial charge < -0.3 is 0 Å². The van der Waals surface area contributed by atoms with E-state index in [-0.39, 0.29) is 16.8 Å². The fourth-order valence-electron chi connectivity index (χ4n) is 1.02. The Morgan fingerprint density at radius 2 is 2.14 bits per heavy atom. The highest BCUT2D eigenvalue weighted by atomic mass is 32.2. The first kappa shape index (κ1) is 11.4. The molecule has 14 heavy (non-hydrogen) atoms. The molecule has 1 aromatic heterocycles. The molecule has 0 saturated heterocycles. The van der Waals surface area contributed by atoms with Crippen molar-refractivity contribution < 1.29 is 13.2 Å². The Balaban J connectivity index is 2.88. The summed E-state index contributed by atoms with van der Waals surface area (Å²) < 4.78 is 37.7. The molecule has 6 heteroatoms. The topological polar surface area (TPSA) is 17.8 Å². The van der Waals surface area contributed by atoms with Gasteiger partial charge in [0.05, 0.1) is 0 Å². The first-order chi connectivity index (χ1) is 6.44. The predicted molar refractivity (Wildman–Crippen MR) is 48.0 cm³/mol. The molecule has 1 radical (unpaired) electrons. The van der Waals surface area contributed by atoms with E-state index in [4.69, 9.17) is 0 Å². The van der Waals surface area contributed by atoms with Crippen LogP contribution in [-0.4, -0.2) is 15.3 Å². The van der Waals surface area contributed by atoms with Crippen LogP contribution in [0.15, 0.2) is 5.03 Å². The van der Waals surface area contributed by atoms with Gasteiger partial charge >= 0.3 is 5.51 Å². The molecule has 0 unspecified atom stereocenters. The van der Waals surface area contributed by atoms with Crippen LogP contribution in [0.1, 0.15) is 18.9 Å². The van der Waals surface area contributed by atoms with Gasteiger partial charge in [-0.3, -0.25) is 4.68 Å². The van der Waals surface area contributed by atoms with Gasteiger partial charge in [-0.25, -0.2) is 0 Å². The molecule has 0 spiro atoms. The van der Waals surface area contributed by atoms with Gasteiger partial charge in [0.25, 0.3) is 0 Å². The van der Waals surface area contributed by atoms with Crippen LogP contribution in [0, 0.1) is 13.1 Å². The molecule has 0 atom stereocenters. The van der Waals surface area contributed by atoms with E-state index >= 15 is 0 Å². The molecule has 0 aliphatic heterocycles. The molecule has 0 saturated carbocycles. The number of aryl methyl sites for hydroxylation is 2. The van der Waals surface area contributed by atoms with Gasteiger partial charge in [-0.1, -0.05) is 6.92 Å². The van der Waals surface area contributed by atoms with E-state index in [0.717, 1.165) is 6.42 Å². The van der Waals surface area contributed by atoms with Crippen molar-refractivity contribution in [3.8, 4) is 0 Å². The van der Waals surface area contributed by atoms with Crippen LogP contribution >= 0.6 is 11.8 Å². The lowest BCUT2D eigenvalue weighted by atomic mass is 10.4. The van der Waals surface area contributed by atoms with E-state index in [1.165, 1.54) is 4.68 Å². The molecular weight excluding hydrogens is 213 g/mol. The monoisotopic (exact) mass is 223 g/mol. The first-order valence-electron chi connectivity index (χ1n) is 4.15. The maximum Gasteiger partial charge on any atom is 0.447 e. The molecule has 0 N–H and O–H groups in total. The highest BCUT2D eigenvalue weighted by molar-refractivity contribution is 8.00. The summed E-state index contributed by atoms with van der Waals surface area (Å²) >= 11 is -0.130. The second-order valence-electron chi connectivity index (χ2n) is 2.81. The smallest absolute Gasteiger partial charge is 0.258 e. The Labute approximate surface area is 84.5 Å². The Morgan fingerprint density at radius 1 is 1.50 bits per heavy atom. The highest BCUT2D eigenvalue weighted by Gasteiger charge is 2.32. The molecule has 2 nitrogen and oxygen atoms in total. The second-order valence-corrected chi connectivity index (χ2v) is 3.87. The van der Waals surface area contributed by atoms with Crippen LogP contribution in [0.2, 0.25) is 0 Å². The molecule has 0 amide bonds. The van der Waals surface area contributed by atoms with E-state index in [1.807, 2.05) is 6.92 Å². The lowest BCUT2D eigenvalue weighted by Crippen LogP contribution is -2.06. The average molecular weight is 223 g/mol. The minimum absolute atomic E-state index is 0.130. The summed E-state index contributed by atoms with van der Waals surface area (Å²) in [7, 11) is 0.